The Hall–Kier alpha value is -2.29. The van der Waals surface area contributed by atoms with E-state index in [0.717, 1.165) is 0 Å². The molecular formula is C7H4N4O2. The lowest BCUT2D eigenvalue weighted by molar-refractivity contribution is -0.132. The second-order valence-electron chi connectivity index (χ2n) is 2.18. The third-order valence-corrected chi connectivity index (χ3v) is 1.45. The van der Waals surface area contributed by atoms with Gasteiger partial charge in [-0.2, -0.15) is 9.58 Å². The van der Waals surface area contributed by atoms with E-state index in [9.17, 15) is 4.79 Å². The van der Waals surface area contributed by atoms with Crippen molar-refractivity contribution in [2.45, 2.75) is 0 Å². The molecule has 0 heterocycles. The van der Waals surface area contributed by atoms with E-state index in [1.165, 1.54) is 18.2 Å². The van der Waals surface area contributed by atoms with E-state index in [-0.39, 0.29) is 17.0 Å². The lowest BCUT2D eigenvalue weighted by atomic mass is 10.0. The Morgan fingerprint density at radius 1 is 1.38 bits per heavy atom. The van der Waals surface area contributed by atoms with Gasteiger partial charge in [-0.3, -0.25) is 0 Å². The molecule has 0 fully saturated rings. The van der Waals surface area contributed by atoms with E-state index < -0.39 is 5.97 Å². The summed E-state index contributed by atoms with van der Waals surface area (Å²) in [6.45, 7) is 0. The largest absolute Gasteiger partial charge is 0.477 e. The van der Waals surface area contributed by atoms with E-state index in [2.05, 4.69) is 9.58 Å². The Morgan fingerprint density at radius 2 is 2.08 bits per heavy atom. The Kier molecular flexibility index (Phi) is 2.31. The normalized spacial score (nSPS) is 14.6. The first-order chi connectivity index (χ1) is 6.20. The third-order valence-electron chi connectivity index (χ3n) is 1.45. The minimum absolute atomic E-state index is 0.0950. The molecule has 64 valence electrons. The van der Waals surface area contributed by atoms with Gasteiger partial charge in [-0.25, -0.2) is 4.79 Å². The van der Waals surface area contributed by atoms with Gasteiger partial charge in [-0.05, 0) is 6.08 Å². The predicted octanol–water partition coefficient (Wildman–Crippen LogP) is -0.0912. The summed E-state index contributed by atoms with van der Waals surface area (Å²) < 4.78 is 0. The van der Waals surface area contributed by atoms with Crippen molar-refractivity contribution in [2.24, 2.45) is 0 Å². The first-order valence-electron chi connectivity index (χ1n) is 3.27. The van der Waals surface area contributed by atoms with Crippen LogP contribution in [0.2, 0.25) is 0 Å². The molecule has 1 N–H and O–H groups in total. The van der Waals surface area contributed by atoms with E-state index in [4.69, 9.17) is 16.2 Å². The molecule has 13 heavy (non-hydrogen) atoms. The van der Waals surface area contributed by atoms with E-state index >= 15 is 0 Å². The van der Waals surface area contributed by atoms with Gasteiger partial charge in [0.1, 0.15) is 0 Å². The molecule has 0 bridgehead atoms. The second kappa shape index (κ2) is 3.40. The summed E-state index contributed by atoms with van der Waals surface area (Å²) in [6, 6.07) is 0. The van der Waals surface area contributed by atoms with Crippen LogP contribution < -0.4 is 0 Å². The van der Waals surface area contributed by atoms with Crippen LogP contribution in [0.5, 0.6) is 0 Å². The fourth-order valence-electron chi connectivity index (χ4n) is 0.890. The maximum absolute atomic E-state index is 10.6. The van der Waals surface area contributed by atoms with Crippen molar-refractivity contribution in [2.75, 3.05) is 0 Å². The van der Waals surface area contributed by atoms with Crippen molar-refractivity contribution in [3.63, 3.8) is 0 Å². The fourth-order valence-corrected chi connectivity index (χ4v) is 0.890. The monoisotopic (exact) mass is 176 g/mol. The minimum atomic E-state index is -1.25. The maximum atomic E-state index is 10.6. The number of rotatable bonds is 1. The number of carboxylic acid groups (broad SMARTS) is 1. The van der Waals surface area contributed by atoms with Crippen LogP contribution in [0.15, 0.2) is 23.8 Å². The van der Waals surface area contributed by atoms with Crippen LogP contribution in [0.25, 0.3) is 11.1 Å². The van der Waals surface area contributed by atoms with Crippen LogP contribution in [0, 0.1) is 0 Å². The van der Waals surface area contributed by atoms with E-state index in [1.807, 2.05) is 0 Å². The van der Waals surface area contributed by atoms with Crippen LogP contribution >= 0.6 is 0 Å². The Morgan fingerprint density at radius 3 is 2.54 bits per heavy atom. The maximum Gasteiger partial charge on any atom is 0.417 e. The molecule has 0 aromatic carbocycles. The van der Waals surface area contributed by atoms with Crippen molar-refractivity contribution in [1.82, 2.24) is 0 Å². The van der Waals surface area contributed by atoms with Crippen molar-refractivity contribution in [1.29, 1.82) is 0 Å². The third kappa shape index (κ3) is 1.49. The van der Waals surface area contributed by atoms with E-state index in [0.29, 0.717) is 0 Å². The molecular weight excluding hydrogens is 172 g/mol. The molecule has 0 aliphatic heterocycles. The first-order valence-corrected chi connectivity index (χ1v) is 3.27. The van der Waals surface area contributed by atoms with Crippen LogP contribution in [-0.4, -0.2) is 32.1 Å². The molecule has 6 heteroatoms. The molecule has 1 aliphatic carbocycles. The first kappa shape index (κ1) is 8.80. The number of hydrogen-bond acceptors (Lipinski definition) is 1. The average Bonchev–Trinajstić information content (AvgIpc) is 2.16. The number of aliphatic carboxylic acids is 1. The lowest BCUT2D eigenvalue weighted by Gasteiger charge is -1.93. The number of carbonyl (C=O) groups is 1. The fraction of sp³-hybridized carbons (Fsp3) is 0. The highest BCUT2D eigenvalue weighted by molar-refractivity contribution is 6.53. The molecule has 0 spiro atoms. The van der Waals surface area contributed by atoms with Gasteiger partial charge >= 0.3 is 17.4 Å². The molecule has 0 unspecified atom stereocenters. The summed E-state index contributed by atoms with van der Waals surface area (Å²) in [7, 11) is 0. The summed E-state index contributed by atoms with van der Waals surface area (Å²) in [5.41, 5.74) is 16.3. The van der Waals surface area contributed by atoms with Crippen molar-refractivity contribution in [3.8, 4) is 0 Å². The molecule has 0 saturated heterocycles. The van der Waals surface area contributed by atoms with Crippen molar-refractivity contribution in [3.05, 3.63) is 34.9 Å². The molecule has 0 aromatic heterocycles. The summed E-state index contributed by atoms with van der Waals surface area (Å²) in [5, 5.41) is 8.62. The number of hydrogen-bond donors (Lipinski definition) is 1. The van der Waals surface area contributed by atoms with Crippen LogP contribution in [0.1, 0.15) is 0 Å². The van der Waals surface area contributed by atoms with Gasteiger partial charge in [0, 0.05) is 6.08 Å². The molecule has 1 aliphatic rings. The van der Waals surface area contributed by atoms with Crippen LogP contribution in [0.4, 0.5) is 0 Å². The summed E-state index contributed by atoms with van der Waals surface area (Å²) in [6.07, 6.45) is 3.95. The molecule has 1 rings (SSSR count). The second-order valence-corrected chi connectivity index (χ2v) is 2.18. The van der Waals surface area contributed by atoms with Crippen LogP contribution in [-0.2, 0) is 4.79 Å². The molecule has 6 nitrogen and oxygen atoms in total. The van der Waals surface area contributed by atoms with Crippen molar-refractivity contribution < 1.29 is 19.5 Å². The van der Waals surface area contributed by atoms with Gasteiger partial charge < -0.3 is 16.2 Å². The smallest absolute Gasteiger partial charge is 0.417 e. The Labute approximate surface area is 72.7 Å². The minimum Gasteiger partial charge on any atom is -0.477 e. The highest BCUT2D eigenvalue weighted by Crippen LogP contribution is 2.04. The quantitative estimate of drug-likeness (QED) is 0.342. The van der Waals surface area contributed by atoms with Gasteiger partial charge in [0.15, 0.2) is 5.57 Å². The summed E-state index contributed by atoms with van der Waals surface area (Å²) in [5.74, 6) is -1.25. The highest BCUT2D eigenvalue weighted by Gasteiger charge is 2.34. The zero-order valence-corrected chi connectivity index (χ0v) is 6.38. The number of carboxylic acids is 1. The number of allylic oxidation sites excluding steroid dienone is 3. The van der Waals surface area contributed by atoms with Gasteiger partial charge in [-0.1, -0.05) is 6.08 Å². The molecule has 0 atom stereocenters. The molecule has 0 radical (unpaired) electrons. The highest BCUT2D eigenvalue weighted by atomic mass is 16.4. The van der Waals surface area contributed by atoms with Gasteiger partial charge in [0.2, 0.25) is 0 Å². The van der Waals surface area contributed by atoms with E-state index in [1.54, 1.807) is 0 Å². The Bertz CT molecular complexity index is 420. The zero-order chi connectivity index (χ0) is 9.84. The van der Waals surface area contributed by atoms with Gasteiger partial charge in [-0.15, -0.1) is 0 Å². The SMILES string of the molecule is [N-]=[N+]=C1C=CC=C(C(=O)O)C1=[N+]=[N-]. The predicted molar refractivity (Wildman–Crippen MR) is 42.1 cm³/mol. The topological polar surface area (TPSA) is 110 Å². The lowest BCUT2D eigenvalue weighted by Crippen LogP contribution is -2.24. The Balaban J connectivity index is 3.34. The van der Waals surface area contributed by atoms with Crippen molar-refractivity contribution >= 4 is 17.4 Å². The standard InChI is InChI=1S/C7H4N4O2/c8-10-5-3-1-2-4(7(12)13)6(5)11-9/h1-3H,(H,12,13). The number of nitrogens with zero attached hydrogens (tertiary/aromatic N) is 4. The summed E-state index contributed by atoms with van der Waals surface area (Å²) >= 11 is 0. The van der Waals surface area contributed by atoms with Gasteiger partial charge in [0.25, 0.3) is 0 Å². The average molecular weight is 176 g/mol. The molecule has 0 saturated carbocycles. The summed E-state index contributed by atoms with van der Waals surface area (Å²) in [4.78, 5) is 16.0. The van der Waals surface area contributed by atoms with Gasteiger partial charge in [0.05, 0.1) is 0 Å². The zero-order valence-electron chi connectivity index (χ0n) is 6.38. The molecule has 0 amide bonds. The molecule has 0 aromatic rings. The van der Waals surface area contributed by atoms with Crippen LogP contribution in [0.3, 0.4) is 0 Å².